The van der Waals surface area contributed by atoms with E-state index in [1.54, 1.807) is 0 Å². The maximum Gasteiger partial charge on any atom is 0.170 e. The summed E-state index contributed by atoms with van der Waals surface area (Å²) in [5, 5.41) is 3.67. The van der Waals surface area contributed by atoms with E-state index in [1.165, 1.54) is 0 Å². The quantitative estimate of drug-likeness (QED) is 0.706. The van der Waals surface area contributed by atoms with Crippen LogP contribution in [0, 0.1) is 12.8 Å². The van der Waals surface area contributed by atoms with Crippen molar-refractivity contribution in [1.29, 1.82) is 0 Å². The van der Waals surface area contributed by atoms with Crippen molar-refractivity contribution < 1.29 is 4.52 Å². The van der Waals surface area contributed by atoms with Crippen LogP contribution in [0.25, 0.3) is 0 Å². The van der Waals surface area contributed by atoms with Gasteiger partial charge in [-0.25, -0.2) is 0 Å². The summed E-state index contributed by atoms with van der Waals surface area (Å²) in [5.74, 6) is 1.97. The zero-order valence-electron chi connectivity index (χ0n) is 7.22. The molecule has 0 unspecified atom stereocenters. The highest BCUT2D eigenvalue weighted by Gasteiger charge is 2.10. The van der Waals surface area contributed by atoms with Crippen LogP contribution in [0.5, 0.6) is 0 Å². The molecule has 0 radical (unpaired) electrons. The van der Waals surface area contributed by atoms with Crippen LogP contribution in [0.15, 0.2) is 4.52 Å². The number of anilines is 1. The van der Waals surface area contributed by atoms with E-state index in [2.05, 4.69) is 19.0 Å². The Morgan fingerprint density at radius 1 is 1.55 bits per heavy atom. The van der Waals surface area contributed by atoms with Crippen LogP contribution in [-0.4, -0.2) is 5.16 Å². The highest BCUT2D eigenvalue weighted by atomic mass is 16.5. The Hall–Kier alpha value is -0.990. The van der Waals surface area contributed by atoms with Gasteiger partial charge in [0.15, 0.2) is 5.82 Å². The minimum Gasteiger partial charge on any atom is -0.381 e. The van der Waals surface area contributed by atoms with Gasteiger partial charge in [-0.3, -0.25) is 0 Å². The first kappa shape index (κ1) is 8.11. The summed E-state index contributed by atoms with van der Waals surface area (Å²) in [6.45, 7) is 6.18. The fourth-order valence-corrected chi connectivity index (χ4v) is 1.06. The van der Waals surface area contributed by atoms with Gasteiger partial charge in [-0.2, -0.15) is 0 Å². The second-order valence-corrected chi connectivity index (χ2v) is 3.20. The lowest BCUT2D eigenvalue weighted by atomic mass is 10.0. The molecule has 62 valence electrons. The van der Waals surface area contributed by atoms with Crippen molar-refractivity contribution in [2.75, 3.05) is 5.73 Å². The maximum atomic E-state index is 5.58. The number of hydrogen-bond acceptors (Lipinski definition) is 3. The first-order valence-corrected chi connectivity index (χ1v) is 3.82. The van der Waals surface area contributed by atoms with Crippen molar-refractivity contribution in [2.45, 2.75) is 27.2 Å². The Morgan fingerprint density at radius 3 is 2.55 bits per heavy atom. The van der Waals surface area contributed by atoms with Crippen molar-refractivity contribution in [3.05, 3.63) is 11.3 Å². The molecule has 1 rings (SSSR count). The molecule has 0 aromatic carbocycles. The zero-order valence-corrected chi connectivity index (χ0v) is 7.22. The summed E-state index contributed by atoms with van der Waals surface area (Å²) in [7, 11) is 0. The van der Waals surface area contributed by atoms with Gasteiger partial charge in [0, 0.05) is 5.56 Å². The van der Waals surface area contributed by atoms with Crippen LogP contribution in [0.1, 0.15) is 25.2 Å². The second kappa shape index (κ2) is 2.95. The maximum absolute atomic E-state index is 5.58. The van der Waals surface area contributed by atoms with Gasteiger partial charge < -0.3 is 10.3 Å². The smallest absolute Gasteiger partial charge is 0.170 e. The van der Waals surface area contributed by atoms with E-state index < -0.39 is 0 Å². The van der Waals surface area contributed by atoms with Crippen LogP contribution in [0.4, 0.5) is 5.82 Å². The summed E-state index contributed by atoms with van der Waals surface area (Å²) < 4.78 is 4.92. The monoisotopic (exact) mass is 154 g/mol. The fourth-order valence-electron chi connectivity index (χ4n) is 1.06. The largest absolute Gasteiger partial charge is 0.381 e. The number of rotatable bonds is 2. The molecule has 0 bridgehead atoms. The van der Waals surface area contributed by atoms with E-state index in [-0.39, 0.29) is 0 Å². The molecule has 1 heterocycles. The lowest BCUT2D eigenvalue weighted by molar-refractivity contribution is 0.398. The Morgan fingerprint density at radius 2 is 2.18 bits per heavy atom. The molecule has 0 spiro atoms. The Kier molecular flexibility index (Phi) is 2.17. The molecule has 0 saturated heterocycles. The van der Waals surface area contributed by atoms with E-state index in [1.807, 2.05) is 6.92 Å². The third-order valence-electron chi connectivity index (χ3n) is 1.63. The van der Waals surface area contributed by atoms with Crippen LogP contribution >= 0.6 is 0 Å². The minimum atomic E-state index is 0.538. The number of nitrogens with zero attached hydrogens (tertiary/aromatic N) is 1. The first-order valence-electron chi connectivity index (χ1n) is 3.82. The first-order chi connectivity index (χ1) is 5.11. The third kappa shape index (κ3) is 1.73. The van der Waals surface area contributed by atoms with Gasteiger partial charge in [-0.05, 0) is 19.3 Å². The molecule has 0 atom stereocenters. The Balaban J connectivity index is 2.83. The molecule has 0 saturated carbocycles. The van der Waals surface area contributed by atoms with Gasteiger partial charge in [0.2, 0.25) is 0 Å². The summed E-state index contributed by atoms with van der Waals surface area (Å²) in [4.78, 5) is 0. The number of aromatic nitrogens is 1. The molecular formula is C8H14N2O. The van der Waals surface area contributed by atoms with Crippen molar-refractivity contribution in [3.8, 4) is 0 Å². The molecule has 0 aliphatic carbocycles. The molecule has 3 nitrogen and oxygen atoms in total. The summed E-state index contributed by atoms with van der Waals surface area (Å²) in [6, 6.07) is 0. The predicted octanol–water partition coefficient (Wildman–Crippen LogP) is 1.76. The molecule has 1 aromatic heterocycles. The normalized spacial score (nSPS) is 10.9. The minimum absolute atomic E-state index is 0.538. The van der Waals surface area contributed by atoms with E-state index in [0.29, 0.717) is 11.7 Å². The summed E-state index contributed by atoms with van der Waals surface area (Å²) in [5.41, 5.74) is 6.64. The predicted molar refractivity (Wildman–Crippen MR) is 44.2 cm³/mol. The molecule has 0 aliphatic rings. The molecule has 0 aliphatic heterocycles. The number of aryl methyl sites for hydroxylation is 1. The van der Waals surface area contributed by atoms with Crippen molar-refractivity contribution in [2.24, 2.45) is 5.92 Å². The van der Waals surface area contributed by atoms with E-state index in [4.69, 9.17) is 10.3 Å². The van der Waals surface area contributed by atoms with Gasteiger partial charge in [0.05, 0.1) is 0 Å². The Bertz CT molecular complexity index is 221. The lowest BCUT2D eigenvalue weighted by Gasteiger charge is -2.01. The van der Waals surface area contributed by atoms with Gasteiger partial charge in [0.1, 0.15) is 5.76 Å². The molecule has 2 N–H and O–H groups in total. The standard InChI is InChI=1S/C8H14N2O/c1-5(2)4-7-6(3)11-10-8(7)9/h5H,4H2,1-3H3,(H2,9,10). The van der Waals surface area contributed by atoms with E-state index in [9.17, 15) is 0 Å². The van der Waals surface area contributed by atoms with E-state index >= 15 is 0 Å². The van der Waals surface area contributed by atoms with Crippen molar-refractivity contribution in [1.82, 2.24) is 5.16 Å². The summed E-state index contributed by atoms with van der Waals surface area (Å²) in [6.07, 6.45) is 0.946. The van der Waals surface area contributed by atoms with Crippen molar-refractivity contribution >= 4 is 5.82 Å². The molecule has 11 heavy (non-hydrogen) atoms. The van der Waals surface area contributed by atoms with Gasteiger partial charge in [-0.15, -0.1) is 0 Å². The van der Waals surface area contributed by atoms with Crippen LogP contribution < -0.4 is 5.73 Å². The van der Waals surface area contributed by atoms with E-state index in [0.717, 1.165) is 17.7 Å². The topological polar surface area (TPSA) is 52.0 Å². The van der Waals surface area contributed by atoms with Crippen LogP contribution in [-0.2, 0) is 6.42 Å². The van der Waals surface area contributed by atoms with Crippen LogP contribution in [0.3, 0.4) is 0 Å². The highest BCUT2D eigenvalue weighted by molar-refractivity contribution is 5.39. The number of nitrogen functional groups attached to an aromatic ring is 1. The SMILES string of the molecule is Cc1onc(N)c1CC(C)C. The van der Waals surface area contributed by atoms with Crippen molar-refractivity contribution in [3.63, 3.8) is 0 Å². The van der Waals surface area contributed by atoms with Crippen LogP contribution in [0.2, 0.25) is 0 Å². The summed E-state index contributed by atoms with van der Waals surface area (Å²) >= 11 is 0. The average molecular weight is 154 g/mol. The third-order valence-corrected chi connectivity index (χ3v) is 1.63. The Labute approximate surface area is 66.6 Å². The molecule has 3 heteroatoms. The average Bonchev–Trinajstić information content (AvgIpc) is 2.18. The molecular weight excluding hydrogens is 140 g/mol. The highest BCUT2D eigenvalue weighted by Crippen LogP contribution is 2.18. The van der Waals surface area contributed by atoms with Gasteiger partial charge in [0.25, 0.3) is 0 Å². The van der Waals surface area contributed by atoms with Gasteiger partial charge >= 0.3 is 0 Å². The number of nitrogens with two attached hydrogens (primary N) is 1. The molecule has 0 amide bonds. The lowest BCUT2D eigenvalue weighted by Crippen LogP contribution is -1.98. The van der Waals surface area contributed by atoms with Gasteiger partial charge in [-0.1, -0.05) is 19.0 Å². The second-order valence-electron chi connectivity index (χ2n) is 3.20. The fraction of sp³-hybridized carbons (Fsp3) is 0.625. The molecule has 1 aromatic rings. The zero-order chi connectivity index (χ0) is 8.43. The number of hydrogen-bond donors (Lipinski definition) is 1. The molecule has 0 fully saturated rings.